The van der Waals surface area contributed by atoms with Crippen molar-refractivity contribution in [1.82, 2.24) is 10.6 Å². The minimum atomic E-state index is -0.407. The maximum Gasteiger partial charge on any atom is 0.407 e. The predicted molar refractivity (Wildman–Crippen MR) is 131 cm³/mol. The monoisotopic (exact) mass is 464 g/mol. The third-order valence-corrected chi connectivity index (χ3v) is 5.98. The first kappa shape index (κ1) is 27.3. The van der Waals surface area contributed by atoms with E-state index >= 15 is 0 Å². The lowest BCUT2D eigenvalue weighted by molar-refractivity contribution is -0.00334. The average Bonchev–Trinajstić information content (AvgIpc) is 3.27. The minimum Gasteiger partial charge on any atom is -0.493 e. The van der Waals surface area contributed by atoms with Gasteiger partial charge in [-0.3, -0.25) is 0 Å². The summed E-state index contributed by atoms with van der Waals surface area (Å²) in [6, 6.07) is 6.30. The van der Waals surface area contributed by atoms with Gasteiger partial charge in [0.15, 0.2) is 11.5 Å². The zero-order valence-corrected chi connectivity index (χ0v) is 21.4. The first-order chi connectivity index (χ1) is 15.7. The number of hydrogen-bond acceptors (Lipinski definition) is 6. The molecule has 7 nitrogen and oxygen atoms in total. The molecule has 1 saturated carbocycles. The molecule has 1 amide bonds. The Morgan fingerprint density at radius 3 is 2.42 bits per heavy atom. The summed E-state index contributed by atoms with van der Waals surface area (Å²) in [6.45, 7) is 10.5. The van der Waals surface area contributed by atoms with Crippen LogP contribution in [0.3, 0.4) is 0 Å². The fourth-order valence-corrected chi connectivity index (χ4v) is 4.15. The highest BCUT2D eigenvalue weighted by molar-refractivity contribution is 5.68. The van der Waals surface area contributed by atoms with Gasteiger partial charge in [-0.2, -0.15) is 0 Å². The molecule has 1 aromatic rings. The molecule has 1 aliphatic heterocycles. The van der Waals surface area contributed by atoms with Crippen LogP contribution in [-0.2, 0) is 15.9 Å². The van der Waals surface area contributed by atoms with E-state index in [2.05, 4.69) is 23.6 Å². The van der Waals surface area contributed by atoms with Crippen molar-refractivity contribution < 1.29 is 23.7 Å². The van der Waals surface area contributed by atoms with Gasteiger partial charge in [-0.1, -0.05) is 25.8 Å². The summed E-state index contributed by atoms with van der Waals surface area (Å²) in [7, 11) is 3.33. The van der Waals surface area contributed by atoms with Gasteiger partial charge in [0.05, 0.1) is 26.9 Å². The van der Waals surface area contributed by atoms with Gasteiger partial charge in [0, 0.05) is 12.6 Å². The molecule has 3 atom stereocenters. The summed E-state index contributed by atoms with van der Waals surface area (Å²) in [5.41, 5.74) is 0.821. The third-order valence-electron chi connectivity index (χ3n) is 5.98. The highest BCUT2D eigenvalue weighted by atomic mass is 16.6. The van der Waals surface area contributed by atoms with Crippen LogP contribution >= 0.6 is 0 Å². The average molecular weight is 465 g/mol. The van der Waals surface area contributed by atoms with Gasteiger partial charge in [-0.05, 0) is 76.6 Å². The first-order valence-corrected chi connectivity index (χ1v) is 12.2. The number of rotatable bonds is 7. The minimum absolute atomic E-state index is 0.231. The van der Waals surface area contributed by atoms with Crippen LogP contribution in [-0.4, -0.2) is 57.8 Å². The maximum atomic E-state index is 11.3. The number of carbonyl (C=O) groups is 1. The van der Waals surface area contributed by atoms with E-state index in [0.717, 1.165) is 44.0 Å². The molecule has 1 heterocycles. The van der Waals surface area contributed by atoms with Crippen LogP contribution in [0.2, 0.25) is 0 Å². The molecule has 1 aliphatic carbocycles. The molecule has 3 rings (SSSR count). The van der Waals surface area contributed by atoms with Crippen molar-refractivity contribution in [1.29, 1.82) is 0 Å². The molecular formula is C26H44N2O5. The largest absolute Gasteiger partial charge is 0.493 e. The number of hydrogen-bond donors (Lipinski definition) is 2. The van der Waals surface area contributed by atoms with Gasteiger partial charge in [0.2, 0.25) is 0 Å². The van der Waals surface area contributed by atoms with E-state index < -0.39 is 5.60 Å². The van der Waals surface area contributed by atoms with Gasteiger partial charge in [-0.25, -0.2) is 4.79 Å². The highest BCUT2D eigenvalue weighted by Gasteiger charge is 2.22. The van der Waals surface area contributed by atoms with Crippen molar-refractivity contribution in [2.24, 2.45) is 5.92 Å². The molecule has 0 radical (unpaired) electrons. The Morgan fingerprint density at radius 1 is 1.09 bits per heavy atom. The lowest BCUT2D eigenvalue weighted by Gasteiger charge is -2.28. The molecule has 0 aromatic heterocycles. The number of benzene rings is 1. The Morgan fingerprint density at radius 2 is 1.82 bits per heavy atom. The molecule has 1 saturated heterocycles. The zero-order chi connectivity index (χ0) is 24.3. The fraction of sp³-hybridized carbons (Fsp3) is 0.731. The van der Waals surface area contributed by atoms with E-state index in [1.807, 2.05) is 32.9 Å². The van der Waals surface area contributed by atoms with Crippen LogP contribution in [0.25, 0.3) is 0 Å². The van der Waals surface area contributed by atoms with E-state index in [1.54, 1.807) is 14.2 Å². The zero-order valence-electron chi connectivity index (χ0n) is 21.4. The quantitative estimate of drug-likeness (QED) is 0.608. The summed E-state index contributed by atoms with van der Waals surface area (Å²) >= 11 is 0. The second-order valence-corrected chi connectivity index (χ2v) is 9.95. The number of alkyl carbamates (subject to hydrolysis) is 1. The topological polar surface area (TPSA) is 78.1 Å². The van der Waals surface area contributed by atoms with Crippen LogP contribution < -0.4 is 20.1 Å². The van der Waals surface area contributed by atoms with Crippen molar-refractivity contribution >= 4 is 6.09 Å². The summed E-state index contributed by atoms with van der Waals surface area (Å²) in [5.74, 6) is 2.27. The molecule has 0 unspecified atom stereocenters. The number of methoxy groups -OCH3 is 2. The van der Waals surface area contributed by atoms with Crippen LogP contribution in [0.15, 0.2) is 18.2 Å². The summed E-state index contributed by atoms with van der Waals surface area (Å²) in [5, 5.41) is 5.98. The Kier molecular flexibility index (Phi) is 11.3. The second kappa shape index (κ2) is 13.7. The smallest absolute Gasteiger partial charge is 0.407 e. The molecule has 0 bridgehead atoms. The Balaban J connectivity index is 0.000000257. The third kappa shape index (κ3) is 10.2. The Hall–Kier alpha value is -1.99. The van der Waals surface area contributed by atoms with Gasteiger partial charge in [0.25, 0.3) is 0 Å². The van der Waals surface area contributed by atoms with Crippen molar-refractivity contribution in [2.75, 3.05) is 33.9 Å². The predicted octanol–water partition coefficient (Wildman–Crippen LogP) is 4.71. The lowest BCUT2D eigenvalue weighted by Crippen LogP contribution is -2.40. The number of amides is 1. The summed E-state index contributed by atoms with van der Waals surface area (Å²) < 4.78 is 21.8. The highest BCUT2D eigenvalue weighted by Crippen LogP contribution is 2.29. The van der Waals surface area contributed by atoms with E-state index in [0.29, 0.717) is 12.0 Å². The molecule has 2 aliphatic rings. The van der Waals surface area contributed by atoms with E-state index in [1.165, 1.54) is 31.2 Å². The van der Waals surface area contributed by atoms with Crippen LogP contribution in [0.1, 0.15) is 65.4 Å². The summed E-state index contributed by atoms with van der Waals surface area (Å²) in [4.78, 5) is 11.3. The van der Waals surface area contributed by atoms with E-state index in [9.17, 15) is 4.79 Å². The van der Waals surface area contributed by atoms with Crippen LogP contribution in [0.4, 0.5) is 4.79 Å². The second-order valence-electron chi connectivity index (χ2n) is 9.95. The molecule has 33 heavy (non-hydrogen) atoms. The number of carbonyl (C=O) groups excluding carboxylic acids is 1. The molecule has 0 spiro atoms. The van der Waals surface area contributed by atoms with Gasteiger partial charge >= 0.3 is 6.09 Å². The SMILES string of the molecule is CC(C)(C)OC(=O)N[C@@H]1CCNC1.COc1ccc(CCO[C@@H]2CCCC[C@@H]2C)cc1OC. The lowest BCUT2D eigenvalue weighted by atomic mass is 9.88. The molecule has 7 heteroatoms. The standard InChI is InChI=1S/C17H26O3.C9H18N2O2/c1-13-6-4-5-7-15(13)20-11-10-14-8-9-16(18-2)17(12-14)19-3;1-9(2,3)13-8(12)11-7-4-5-10-6-7/h8-9,12-13,15H,4-7,10-11H2,1-3H3;7,10H,4-6H2,1-3H3,(H,11,12)/t13-,15+;7-/m01/s1. The van der Waals surface area contributed by atoms with Crippen LogP contribution in [0, 0.1) is 5.92 Å². The molecule has 188 valence electrons. The normalized spacial score (nSPS) is 22.7. The van der Waals surface area contributed by atoms with Crippen LogP contribution in [0.5, 0.6) is 11.5 Å². The van der Waals surface area contributed by atoms with Gasteiger partial charge in [-0.15, -0.1) is 0 Å². The maximum absolute atomic E-state index is 11.3. The Bertz CT molecular complexity index is 713. The fourth-order valence-electron chi connectivity index (χ4n) is 4.15. The van der Waals surface area contributed by atoms with Gasteiger partial charge in [0.1, 0.15) is 5.60 Å². The van der Waals surface area contributed by atoms with Crippen molar-refractivity contribution in [3.8, 4) is 11.5 Å². The van der Waals surface area contributed by atoms with Gasteiger partial charge < -0.3 is 29.6 Å². The summed E-state index contributed by atoms with van der Waals surface area (Å²) in [6.07, 6.45) is 7.23. The molecule has 1 aromatic carbocycles. The molecular weight excluding hydrogens is 420 g/mol. The van der Waals surface area contributed by atoms with Crippen molar-refractivity contribution in [3.63, 3.8) is 0 Å². The number of nitrogens with one attached hydrogen (secondary N) is 2. The Labute approximate surface area is 199 Å². The first-order valence-electron chi connectivity index (χ1n) is 12.2. The van der Waals surface area contributed by atoms with Crippen molar-refractivity contribution in [3.05, 3.63) is 23.8 Å². The van der Waals surface area contributed by atoms with E-state index in [4.69, 9.17) is 18.9 Å². The molecule has 2 N–H and O–H groups in total. The molecule has 2 fully saturated rings. The van der Waals surface area contributed by atoms with E-state index in [-0.39, 0.29) is 12.1 Å². The van der Waals surface area contributed by atoms with Crippen molar-refractivity contribution in [2.45, 2.75) is 84.0 Å². The number of ether oxygens (including phenoxy) is 4.